The summed E-state index contributed by atoms with van der Waals surface area (Å²) in [6, 6.07) is 2.65. The molecule has 1 atom stereocenters. The van der Waals surface area contributed by atoms with Crippen LogP contribution in [0.4, 0.5) is 0 Å². The highest BCUT2D eigenvalue weighted by molar-refractivity contribution is 5.95. The van der Waals surface area contributed by atoms with E-state index in [0.717, 1.165) is 32.7 Å². The summed E-state index contributed by atoms with van der Waals surface area (Å²) in [7, 11) is 0. The molecule has 0 aliphatic carbocycles. The van der Waals surface area contributed by atoms with Crippen molar-refractivity contribution in [3.8, 4) is 0 Å². The summed E-state index contributed by atoms with van der Waals surface area (Å²) in [6.45, 7) is 9.19. The van der Waals surface area contributed by atoms with Gasteiger partial charge in [0.15, 0.2) is 5.76 Å². The minimum absolute atomic E-state index is 0. The van der Waals surface area contributed by atoms with Gasteiger partial charge in [-0.1, -0.05) is 13.8 Å². The first-order valence-electron chi connectivity index (χ1n) is 8.13. The predicted octanol–water partition coefficient (Wildman–Crippen LogP) is 0.477. The fraction of sp³-hybridized carbons (Fsp3) is 0.625. The Balaban J connectivity index is 0.00000288. The number of rotatable bonds is 7. The summed E-state index contributed by atoms with van der Waals surface area (Å²) in [5, 5.41) is 8.95. The maximum Gasteiger partial charge on any atom is 0.287 e. The third kappa shape index (κ3) is 6.14. The third-order valence-corrected chi connectivity index (χ3v) is 3.92. The highest BCUT2D eigenvalue weighted by Crippen LogP contribution is 2.05. The van der Waals surface area contributed by atoms with E-state index >= 15 is 0 Å². The van der Waals surface area contributed by atoms with Gasteiger partial charge in [0.05, 0.1) is 6.26 Å². The van der Waals surface area contributed by atoms with Crippen molar-refractivity contribution < 1.29 is 14.0 Å². The van der Waals surface area contributed by atoms with E-state index in [1.54, 1.807) is 12.1 Å². The van der Waals surface area contributed by atoms with Crippen molar-refractivity contribution in [1.82, 2.24) is 20.9 Å². The molecule has 1 unspecified atom stereocenters. The molecule has 1 aliphatic rings. The molecule has 1 fully saturated rings. The van der Waals surface area contributed by atoms with Crippen LogP contribution in [-0.2, 0) is 4.79 Å². The van der Waals surface area contributed by atoms with E-state index in [0.29, 0.717) is 6.54 Å². The first-order valence-corrected chi connectivity index (χ1v) is 8.13. The summed E-state index contributed by atoms with van der Waals surface area (Å²) in [6.07, 6.45) is 1.44. The fourth-order valence-electron chi connectivity index (χ4n) is 2.54. The first kappa shape index (κ1) is 20.5. The monoisotopic (exact) mass is 358 g/mol. The van der Waals surface area contributed by atoms with Crippen molar-refractivity contribution >= 4 is 24.2 Å². The SMILES string of the molecule is CC(C)C(NC(=O)c1ccco1)C(=O)NCCN1CCNCC1.Cl. The largest absolute Gasteiger partial charge is 0.459 e. The first-order chi connectivity index (χ1) is 11.1. The summed E-state index contributed by atoms with van der Waals surface area (Å²) in [5.74, 6) is -0.321. The number of furan rings is 1. The maximum absolute atomic E-state index is 12.3. The Labute approximate surface area is 148 Å². The number of carbonyl (C=O) groups is 2. The van der Waals surface area contributed by atoms with E-state index in [2.05, 4.69) is 20.9 Å². The molecule has 1 aromatic rings. The molecule has 1 saturated heterocycles. The number of hydrogen-bond donors (Lipinski definition) is 3. The Kier molecular flexibility index (Phi) is 8.81. The molecule has 0 radical (unpaired) electrons. The molecular weight excluding hydrogens is 332 g/mol. The van der Waals surface area contributed by atoms with Crippen LogP contribution in [0.15, 0.2) is 22.8 Å². The summed E-state index contributed by atoms with van der Waals surface area (Å²) in [4.78, 5) is 26.7. The molecule has 8 heteroatoms. The molecule has 0 aromatic carbocycles. The van der Waals surface area contributed by atoms with Crippen molar-refractivity contribution in [2.45, 2.75) is 19.9 Å². The average molecular weight is 359 g/mol. The van der Waals surface area contributed by atoms with E-state index in [1.165, 1.54) is 6.26 Å². The molecule has 0 spiro atoms. The lowest BCUT2D eigenvalue weighted by molar-refractivity contribution is -0.124. The van der Waals surface area contributed by atoms with E-state index < -0.39 is 6.04 Å². The van der Waals surface area contributed by atoms with E-state index in [1.807, 2.05) is 13.8 Å². The van der Waals surface area contributed by atoms with Crippen molar-refractivity contribution in [1.29, 1.82) is 0 Å². The van der Waals surface area contributed by atoms with Gasteiger partial charge in [0.2, 0.25) is 5.91 Å². The Morgan fingerprint density at radius 3 is 2.62 bits per heavy atom. The minimum atomic E-state index is -0.573. The Bertz CT molecular complexity index is 501. The van der Waals surface area contributed by atoms with Gasteiger partial charge in [-0.05, 0) is 18.1 Å². The normalized spacial score (nSPS) is 16.3. The zero-order chi connectivity index (χ0) is 16.7. The number of nitrogens with one attached hydrogen (secondary N) is 3. The molecule has 1 aromatic heterocycles. The minimum Gasteiger partial charge on any atom is -0.459 e. The van der Waals surface area contributed by atoms with Crippen molar-refractivity contribution in [2.75, 3.05) is 39.3 Å². The van der Waals surface area contributed by atoms with E-state index in [-0.39, 0.29) is 35.9 Å². The van der Waals surface area contributed by atoms with Gasteiger partial charge in [-0.15, -0.1) is 12.4 Å². The van der Waals surface area contributed by atoms with Gasteiger partial charge >= 0.3 is 0 Å². The molecule has 2 rings (SSSR count). The van der Waals surface area contributed by atoms with Crippen molar-refractivity contribution in [3.05, 3.63) is 24.2 Å². The number of carbonyl (C=O) groups excluding carboxylic acids is 2. The molecule has 24 heavy (non-hydrogen) atoms. The number of nitrogens with zero attached hydrogens (tertiary/aromatic N) is 1. The highest BCUT2D eigenvalue weighted by atomic mass is 35.5. The van der Waals surface area contributed by atoms with Gasteiger partial charge in [0.1, 0.15) is 6.04 Å². The van der Waals surface area contributed by atoms with Crippen LogP contribution in [0.3, 0.4) is 0 Å². The number of halogens is 1. The quantitative estimate of drug-likeness (QED) is 0.660. The lowest BCUT2D eigenvalue weighted by Crippen LogP contribution is -2.51. The molecule has 0 bridgehead atoms. The number of hydrogen-bond acceptors (Lipinski definition) is 5. The molecule has 7 nitrogen and oxygen atoms in total. The summed E-state index contributed by atoms with van der Waals surface area (Å²) >= 11 is 0. The van der Waals surface area contributed by atoms with Gasteiger partial charge in [-0.2, -0.15) is 0 Å². The van der Waals surface area contributed by atoms with Gasteiger partial charge < -0.3 is 20.4 Å². The second-order valence-corrected chi connectivity index (χ2v) is 6.06. The molecular formula is C16H27ClN4O3. The fourth-order valence-corrected chi connectivity index (χ4v) is 2.54. The smallest absolute Gasteiger partial charge is 0.287 e. The zero-order valence-electron chi connectivity index (χ0n) is 14.2. The molecule has 2 heterocycles. The third-order valence-electron chi connectivity index (χ3n) is 3.92. The number of piperazine rings is 1. The van der Waals surface area contributed by atoms with Crippen LogP contribution in [0.2, 0.25) is 0 Å². The molecule has 1 aliphatic heterocycles. The van der Waals surface area contributed by atoms with Crippen molar-refractivity contribution in [2.24, 2.45) is 5.92 Å². The Hall–Kier alpha value is -1.57. The van der Waals surface area contributed by atoms with E-state index in [9.17, 15) is 9.59 Å². The average Bonchev–Trinajstić information content (AvgIpc) is 3.07. The molecule has 3 N–H and O–H groups in total. The predicted molar refractivity (Wildman–Crippen MR) is 94.4 cm³/mol. The lowest BCUT2D eigenvalue weighted by atomic mass is 10.0. The Morgan fingerprint density at radius 2 is 2.04 bits per heavy atom. The molecule has 0 saturated carbocycles. The van der Waals surface area contributed by atoms with Gasteiger partial charge in [0.25, 0.3) is 5.91 Å². The van der Waals surface area contributed by atoms with Crippen LogP contribution in [0.1, 0.15) is 24.4 Å². The second kappa shape index (κ2) is 10.3. The van der Waals surface area contributed by atoms with Gasteiger partial charge in [-0.25, -0.2) is 0 Å². The Morgan fingerprint density at radius 1 is 1.33 bits per heavy atom. The van der Waals surface area contributed by atoms with E-state index in [4.69, 9.17) is 4.42 Å². The van der Waals surface area contributed by atoms with Crippen LogP contribution < -0.4 is 16.0 Å². The highest BCUT2D eigenvalue weighted by Gasteiger charge is 2.25. The van der Waals surface area contributed by atoms with Gasteiger partial charge in [-0.3, -0.25) is 14.5 Å². The maximum atomic E-state index is 12.3. The lowest BCUT2D eigenvalue weighted by Gasteiger charge is -2.27. The summed E-state index contributed by atoms with van der Waals surface area (Å²) < 4.78 is 5.06. The standard InChI is InChI=1S/C16H26N4O3.ClH/c1-12(2)14(19-15(21)13-4-3-11-23-13)16(22)18-7-10-20-8-5-17-6-9-20;/h3-4,11-12,14,17H,5-10H2,1-2H3,(H,18,22)(H,19,21);1H. The van der Waals surface area contributed by atoms with Crippen LogP contribution in [0, 0.1) is 5.92 Å². The second-order valence-electron chi connectivity index (χ2n) is 6.06. The van der Waals surface area contributed by atoms with Crippen LogP contribution in [-0.4, -0.2) is 62.0 Å². The molecule has 136 valence electrons. The topological polar surface area (TPSA) is 86.6 Å². The van der Waals surface area contributed by atoms with Crippen LogP contribution in [0.25, 0.3) is 0 Å². The van der Waals surface area contributed by atoms with Crippen LogP contribution >= 0.6 is 12.4 Å². The zero-order valence-corrected chi connectivity index (χ0v) is 15.0. The summed E-state index contributed by atoms with van der Waals surface area (Å²) in [5.41, 5.74) is 0. The number of amides is 2. The van der Waals surface area contributed by atoms with Gasteiger partial charge in [0, 0.05) is 39.3 Å². The molecule has 2 amide bonds. The van der Waals surface area contributed by atoms with Crippen LogP contribution in [0.5, 0.6) is 0 Å². The van der Waals surface area contributed by atoms with Crippen molar-refractivity contribution in [3.63, 3.8) is 0 Å².